The number of aliphatic hydroxyl groups is 1. The lowest BCUT2D eigenvalue weighted by atomic mass is 9.61. The quantitative estimate of drug-likeness (QED) is 0.461. The second kappa shape index (κ2) is 10.5. The van der Waals surface area contributed by atoms with Crippen LogP contribution in [-0.2, 0) is 10.4 Å². The van der Waals surface area contributed by atoms with Gasteiger partial charge in [0.25, 0.3) is 0 Å². The Labute approximate surface area is 231 Å². The molecular formula is C31H41N5O3. The molecule has 2 aliphatic rings. The van der Waals surface area contributed by atoms with Gasteiger partial charge in [0.05, 0.1) is 0 Å². The van der Waals surface area contributed by atoms with Crippen LogP contribution in [0.2, 0.25) is 0 Å². The predicted octanol–water partition coefficient (Wildman–Crippen LogP) is 4.95. The minimum absolute atomic E-state index is 0.102. The van der Waals surface area contributed by atoms with E-state index in [0.29, 0.717) is 42.3 Å². The fourth-order valence-corrected chi connectivity index (χ4v) is 6.14. The largest absolute Gasteiger partial charge is 0.380 e. The predicted molar refractivity (Wildman–Crippen MR) is 150 cm³/mol. The molecule has 1 atom stereocenters. The first kappa shape index (κ1) is 27.5. The molecule has 208 valence electrons. The van der Waals surface area contributed by atoms with Gasteiger partial charge in [-0.3, -0.25) is 14.7 Å². The fourth-order valence-electron chi connectivity index (χ4n) is 6.14. The summed E-state index contributed by atoms with van der Waals surface area (Å²) in [5.74, 6) is 1.70. The lowest BCUT2D eigenvalue weighted by molar-refractivity contribution is -0.144. The maximum absolute atomic E-state index is 12.6. The van der Waals surface area contributed by atoms with E-state index in [-0.39, 0.29) is 11.8 Å². The molecule has 2 aromatic heterocycles. The zero-order chi connectivity index (χ0) is 27.9. The fraction of sp³-hybridized carbons (Fsp3) is 0.548. The van der Waals surface area contributed by atoms with Crippen LogP contribution in [0, 0.1) is 5.41 Å². The van der Waals surface area contributed by atoms with Gasteiger partial charge in [0.2, 0.25) is 17.6 Å². The van der Waals surface area contributed by atoms with E-state index in [1.54, 1.807) is 19.3 Å². The number of rotatable bonds is 7. The highest BCUT2D eigenvalue weighted by Crippen LogP contribution is 2.51. The normalized spacial score (nSPS) is 19.8. The summed E-state index contributed by atoms with van der Waals surface area (Å²) in [6.45, 7) is 15.5. The highest BCUT2D eigenvalue weighted by atomic mass is 16.5. The number of carbonyl (C=O) groups is 1. The molecule has 1 aromatic carbocycles. The van der Waals surface area contributed by atoms with Gasteiger partial charge in [-0.25, -0.2) is 0 Å². The van der Waals surface area contributed by atoms with E-state index in [1.165, 1.54) is 5.56 Å². The van der Waals surface area contributed by atoms with Crippen molar-refractivity contribution in [2.45, 2.75) is 77.9 Å². The Morgan fingerprint density at radius 1 is 1.08 bits per heavy atom. The van der Waals surface area contributed by atoms with Crippen molar-refractivity contribution in [3.8, 4) is 11.4 Å². The second-order valence-corrected chi connectivity index (χ2v) is 12.2. The zero-order valence-corrected chi connectivity index (χ0v) is 24.0. The number of aromatic nitrogens is 3. The Hall–Kier alpha value is -3.10. The summed E-state index contributed by atoms with van der Waals surface area (Å²) < 4.78 is 5.68. The van der Waals surface area contributed by atoms with Crippen LogP contribution in [0.5, 0.6) is 0 Å². The molecule has 1 N–H and O–H groups in total. The molecule has 2 saturated heterocycles. The molecule has 1 amide bonds. The lowest BCUT2D eigenvalue weighted by Crippen LogP contribution is -2.66. The van der Waals surface area contributed by atoms with Crippen molar-refractivity contribution in [1.29, 1.82) is 0 Å². The number of benzene rings is 1. The topological polar surface area (TPSA) is 95.6 Å². The Kier molecular flexibility index (Phi) is 7.37. The van der Waals surface area contributed by atoms with Crippen molar-refractivity contribution in [1.82, 2.24) is 24.9 Å². The molecule has 4 heterocycles. The molecule has 0 saturated carbocycles. The monoisotopic (exact) mass is 531 g/mol. The molecule has 2 aliphatic heterocycles. The number of pyridine rings is 1. The summed E-state index contributed by atoms with van der Waals surface area (Å²) in [6, 6.07) is 10.7. The van der Waals surface area contributed by atoms with E-state index in [1.807, 2.05) is 11.0 Å². The van der Waals surface area contributed by atoms with Gasteiger partial charge in [-0.05, 0) is 49.8 Å². The zero-order valence-electron chi connectivity index (χ0n) is 24.0. The molecular weight excluding hydrogens is 490 g/mol. The van der Waals surface area contributed by atoms with E-state index >= 15 is 0 Å². The molecule has 3 aromatic rings. The number of likely N-dealkylation sites (tertiary alicyclic amines) is 2. The number of hydrogen-bond donors (Lipinski definition) is 1. The SMILES string of the molecule is CC(=O)N1CCC(c2nc(-c3cncc([C@@](O)(c4ccc(C(C)C)cc4)C4(C)CN(C(C)C)C4)c3)no2)CC1. The average molecular weight is 532 g/mol. The minimum atomic E-state index is -1.25. The molecule has 8 nitrogen and oxygen atoms in total. The molecule has 0 radical (unpaired) electrons. The van der Waals surface area contributed by atoms with Crippen molar-refractivity contribution in [3.05, 3.63) is 65.3 Å². The maximum Gasteiger partial charge on any atom is 0.230 e. The van der Waals surface area contributed by atoms with Crippen LogP contribution in [-0.4, -0.2) is 68.2 Å². The average Bonchev–Trinajstić information content (AvgIpc) is 3.41. The van der Waals surface area contributed by atoms with Crippen LogP contribution in [0.15, 0.2) is 47.2 Å². The molecule has 39 heavy (non-hydrogen) atoms. The standard InChI is InChI=1S/C31H41N5O3/c1-20(2)23-7-9-26(10-8-23)31(38,30(6)18-36(19-30)21(3)4)27-15-25(16-32-17-27)28-33-29(39-34-28)24-11-13-35(14-12-24)22(5)37/h7-10,15-17,20-21,24,38H,11-14,18-19H2,1-6H3/t31-/m0/s1. The molecule has 0 spiro atoms. The Morgan fingerprint density at radius 3 is 2.33 bits per heavy atom. The van der Waals surface area contributed by atoms with Gasteiger partial charge in [0.1, 0.15) is 5.60 Å². The second-order valence-electron chi connectivity index (χ2n) is 12.2. The van der Waals surface area contributed by atoms with E-state index in [9.17, 15) is 9.90 Å². The third-order valence-electron chi connectivity index (χ3n) is 8.85. The van der Waals surface area contributed by atoms with Gasteiger partial charge >= 0.3 is 0 Å². The van der Waals surface area contributed by atoms with Gasteiger partial charge in [-0.1, -0.05) is 50.2 Å². The molecule has 0 unspecified atom stereocenters. The van der Waals surface area contributed by atoms with E-state index in [2.05, 4.69) is 73.9 Å². The van der Waals surface area contributed by atoms with Crippen molar-refractivity contribution in [2.75, 3.05) is 26.2 Å². The van der Waals surface area contributed by atoms with Gasteiger partial charge in [-0.2, -0.15) is 4.98 Å². The summed E-state index contributed by atoms with van der Waals surface area (Å²) in [7, 11) is 0. The first-order chi connectivity index (χ1) is 18.5. The van der Waals surface area contributed by atoms with Crippen molar-refractivity contribution < 1.29 is 14.4 Å². The van der Waals surface area contributed by atoms with E-state index in [0.717, 1.165) is 37.1 Å². The Bertz CT molecular complexity index is 1300. The maximum atomic E-state index is 12.6. The summed E-state index contributed by atoms with van der Waals surface area (Å²) in [5, 5.41) is 16.9. The van der Waals surface area contributed by atoms with Crippen LogP contribution in [0.1, 0.15) is 88.8 Å². The van der Waals surface area contributed by atoms with Crippen LogP contribution < -0.4 is 0 Å². The first-order valence-corrected chi connectivity index (χ1v) is 14.1. The highest BCUT2D eigenvalue weighted by Gasteiger charge is 2.56. The minimum Gasteiger partial charge on any atom is -0.380 e. The summed E-state index contributed by atoms with van der Waals surface area (Å²) in [4.78, 5) is 25.2. The van der Waals surface area contributed by atoms with Gasteiger partial charge in [0.15, 0.2) is 0 Å². The van der Waals surface area contributed by atoms with Gasteiger partial charge in [0, 0.05) is 74.0 Å². The van der Waals surface area contributed by atoms with Crippen molar-refractivity contribution in [3.63, 3.8) is 0 Å². The van der Waals surface area contributed by atoms with E-state index < -0.39 is 11.0 Å². The third-order valence-corrected chi connectivity index (χ3v) is 8.85. The molecule has 0 bridgehead atoms. The Balaban J connectivity index is 1.47. The van der Waals surface area contributed by atoms with Crippen LogP contribution >= 0.6 is 0 Å². The first-order valence-electron chi connectivity index (χ1n) is 14.1. The van der Waals surface area contributed by atoms with Crippen LogP contribution in [0.4, 0.5) is 0 Å². The van der Waals surface area contributed by atoms with Crippen molar-refractivity contribution >= 4 is 5.91 Å². The number of piperidine rings is 1. The number of carbonyl (C=O) groups excluding carboxylic acids is 1. The summed E-state index contributed by atoms with van der Waals surface area (Å²) in [6.07, 6.45) is 5.09. The smallest absolute Gasteiger partial charge is 0.230 e. The van der Waals surface area contributed by atoms with Gasteiger partial charge in [-0.15, -0.1) is 0 Å². The summed E-state index contributed by atoms with van der Waals surface area (Å²) in [5.41, 5.74) is 1.90. The number of amides is 1. The van der Waals surface area contributed by atoms with Crippen LogP contribution in [0.3, 0.4) is 0 Å². The molecule has 8 heteroatoms. The van der Waals surface area contributed by atoms with Gasteiger partial charge < -0.3 is 14.5 Å². The van der Waals surface area contributed by atoms with Crippen molar-refractivity contribution in [2.24, 2.45) is 5.41 Å². The lowest BCUT2D eigenvalue weighted by Gasteiger charge is -2.58. The molecule has 5 rings (SSSR count). The molecule has 0 aliphatic carbocycles. The number of nitrogens with zero attached hydrogens (tertiary/aromatic N) is 5. The van der Waals surface area contributed by atoms with Crippen LogP contribution in [0.25, 0.3) is 11.4 Å². The third kappa shape index (κ3) is 5.00. The number of hydrogen-bond acceptors (Lipinski definition) is 7. The summed E-state index contributed by atoms with van der Waals surface area (Å²) >= 11 is 0. The Morgan fingerprint density at radius 2 is 1.74 bits per heavy atom. The van der Waals surface area contributed by atoms with E-state index in [4.69, 9.17) is 9.51 Å². The molecule has 2 fully saturated rings. The highest BCUT2D eigenvalue weighted by molar-refractivity contribution is 5.73.